The van der Waals surface area contributed by atoms with Crippen LogP contribution in [0.15, 0.2) is 72.9 Å². The molecule has 4 rings (SSSR count). The fourth-order valence-corrected chi connectivity index (χ4v) is 4.50. The van der Waals surface area contributed by atoms with Crippen LogP contribution in [-0.2, 0) is 6.42 Å². The number of hydrogen-bond donors (Lipinski definition) is 1. The van der Waals surface area contributed by atoms with E-state index in [4.69, 9.17) is 0 Å². The summed E-state index contributed by atoms with van der Waals surface area (Å²) in [6.07, 6.45) is 16.4. The van der Waals surface area contributed by atoms with Gasteiger partial charge in [-0.1, -0.05) is 54.2 Å². The molecule has 31 heavy (non-hydrogen) atoms. The van der Waals surface area contributed by atoms with Crippen LogP contribution in [0, 0.1) is 6.92 Å². The van der Waals surface area contributed by atoms with Gasteiger partial charge in [0.1, 0.15) is 0 Å². The van der Waals surface area contributed by atoms with Crippen molar-refractivity contribution in [2.75, 3.05) is 0 Å². The molecular formula is C30H33N. The minimum Gasteiger partial charge on any atom is -0.358 e. The Morgan fingerprint density at radius 1 is 1.03 bits per heavy atom. The van der Waals surface area contributed by atoms with Crippen LogP contribution in [0.4, 0.5) is 0 Å². The second-order valence-electron chi connectivity index (χ2n) is 8.71. The van der Waals surface area contributed by atoms with Crippen molar-refractivity contribution in [3.05, 3.63) is 95.2 Å². The monoisotopic (exact) mass is 407 g/mol. The van der Waals surface area contributed by atoms with Crippen molar-refractivity contribution in [2.24, 2.45) is 0 Å². The fraction of sp³-hybridized carbons (Fsp3) is 0.267. The summed E-state index contributed by atoms with van der Waals surface area (Å²) in [5.41, 5.74) is 12.0. The van der Waals surface area contributed by atoms with E-state index in [1.54, 1.807) is 0 Å². The minimum atomic E-state index is 0.966. The van der Waals surface area contributed by atoms with E-state index >= 15 is 0 Å². The number of benzene rings is 2. The number of aryl methyl sites for hydroxylation is 1. The zero-order chi connectivity index (χ0) is 21.8. The van der Waals surface area contributed by atoms with Gasteiger partial charge < -0.3 is 4.98 Å². The van der Waals surface area contributed by atoms with E-state index < -0.39 is 0 Å². The predicted octanol–water partition coefficient (Wildman–Crippen LogP) is 8.81. The van der Waals surface area contributed by atoms with Gasteiger partial charge in [0.25, 0.3) is 0 Å². The van der Waals surface area contributed by atoms with Gasteiger partial charge in [-0.2, -0.15) is 0 Å². The van der Waals surface area contributed by atoms with Crippen LogP contribution in [0.25, 0.3) is 33.7 Å². The summed E-state index contributed by atoms with van der Waals surface area (Å²) in [4.78, 5) is 3.62. The van der Waals surface area contributed by atoms with Gasteiger partial charge in [-0.3, -0.25) is 0 Å². The molecule has 1 aromatic heterocycles. The first-order valence-electron chi connectivity index (χ1n) is 11.4. The predicted molar refractivity (Wildman–Crippen MR) is 137 cm³/mol. The van der Waals surface area contributed by atoms with Gasteiger partial charge in [-0.15, -0.1) is 6.58 Å². The third-order valence-corrected chi connectivity index (χ3v) is 6.54. The van der Waals surface area contributed by atoms with Crippen molar-refractivity contribution >= 4 is 22.6 Å². The smallest absolute Gasteiger partial charge is 0.0462 e. The number of rotatable bonds is 6. The van der Waals surface area contributed by atoms with Crippen molar-refractivity contribution in [3.8, 4) is 11.1 Å². The van der Waals surface area contributed by atoms with Gasteiger partial charge in [0.05, 0.1) is 0 Å². The van der Waals surface area contributed by atoms with Gasteiger partial charge >= 0.3 is 0 Å². The summed E-state index contributed by atoms with van der Waals surface area (Å²) < 4.78 is 0. The molecule has 0 aliphatic heterocycles. The first-order chi connectivity index (χ1) is 15.1. The second-order valence-corrected chi connectivity index (χ2v) is 8.71. The number of nitrogens with one attached hydrogen (secondary N) is 1. The number of H-pyrrole nitrogens is 1. The molecular weight excluding hydrogens is 374 g/mol. The summed E-state index contributed by atoms with van der Waals surface area (Å²) in [7, 11) is 0. The molecule has 1 N–H and O–H groups in total. The lowest BCUT2D eigenvalue weighted by atomic mass is 9.92. The molecule has 0 unspecified atom stereocenters. The van der Waals surface area contributed by atoms with Crippen molar-refractivity contribution in [1.82, 2.24) is 4.98 Å². The number of hydrogen-bond acceptors (Lipinski definition) is 0. The molecule has 3 aromatic rings. The van der Waals surface area contributed by atoms with Crippen LogP contribution in [0.5, 0.6) is 0 Å². The average Bonchev–Trinajstić information content (AvgIpc) is 3.09. The molecule has 1 heterocycles. The van der Waals surface area contributed by atoms with Crippen molar-refractivity contribution in [1.29, 1.82) is 0 Å². The standard InChI is InChI=1S/C30H33N/c1-5-6-9-12-21(2)23(4)27-19-24(16-15-22(27)3)25-17-18-30-28(20-25)26-13-10-7-8-11-14-29(26)31-30/h5,8,10-11,13,15-20,31H,1,6-7,9,12,14H2,2-4H3/b11-8-,13-10-,23-21+. The molecule has 0 fully saturated rings. The Morgan fingerprint density at radius 2 is 1.84 bits per heavy atom. The minimum absolute atomic E-state index is 0.966. The Bertz CT molecular complexity index is 1200. The molecule has 1 aliphatic rings. The molecule has 0 saturated heterocycles. The lowest BCUT2D eigenvalue weighted by Crippen LogP contribution is -1.92. The molecule has 158 valence electrons. The van der Waals surface area contributed by atoms with Gasteiger partial charge in [0.15, 0.2) is 0 Å². The quantitative estimate of drug-likeness (QED) is 0.310. The van der Waals surface area contributed by atoms with Gasteiger partial charge in [0.2, 0.25) is 0 Å². The Labute approximate surface area is 186 Å². The van der Waals surface area contributed by atoms with E-state index in [-0.39, 0.29) is 0 Å². The molecule has 0 bridgehead atoms. The summed E-state index contributed by atoms with van der Waals surface area (Å²) in [6, 6.07) is 13.7. The molecule has 0 spiro atoms. The largest absolute Gasteiger partial charge is 0.358 e. The highest BCUT2D eigenvalue weighted by atomic mass is 14.7. The van der Waals surface area contributed by atoms with Crippen LogP contribution in [0.2, 0.25) is 0 Å². The van der Waals surface area contributed by atoms with E-state index in [9.17, 15) is 0 Å². The van der Waals surface area contributed by atoms with E-state index in [0.29, 0.717) is 0 Å². The normalized spacial score (nSPS) is 16.2. The topological polar surface area (TPSA) is 15.8 Å². The van der Waals surface area contributed by atoms with E-state index in [1.807, 2.05) is 6.08 Å². The van der Waals surface area contributed by atoms with Gasteiger partial charge in [-0.25, -0.2) is 0 Å². The van der Waals surface area contributed by atoms with Crippen LogP contribution in [0.1, 0.15) is 61.9 Å². The number of aromatic nitrogens is 1. The summed E-state index contributed by atoms with van der Waals surface area (Å²) in [6.45, 7) is 10.6. The zero-order valence-electron chi connectivity index (χ0n) is 19.1. The fourth-order valence-electron chi connectivity index (χ4n) is 4.50. The maximum atomic E-state index is 3.85. The molecule has 0 saturated carbocycles. The Balaban J connectivity index is 1.74. The molecule has 1 heteroatoms. The first kappa shape index (κ1) is 21.2. The van der Waals surface area contributed by atoms with Crippen molar-refractivity contribution in [3.63, 3.8) is 0 Å². The third kappa shape index (κ3) is 4.51. The molecule has 0 atom stereocenters. The number of aromatic amines is 1. The highest BCUT2D eigenvalue weighted by molar-refractivity contribution is 5.94. The summed E-state index contributed by atoms with van der Waals surface area (Å²) in [5, 5.41) is 1.31. The molecule has 0 amide bonds. The van der Waals surface area contributed by atoms with Gasteiger partial charge in [-0.05, 0) is 92.5 Å². The molecule has 0 radical (unpaired) electrons. The Morgan fingerprint density at radius 3 is 2.68 bits per heavy atom. The van der Waals surface area contributed by atoms with Crippen molar-refractivity contribution in [2.45, 2.75) is 52.9 Å². The number of allylic oxidation sites excluding steroid dienone is 6. The lowest BCUT2D eigenvalue weighted by Gasteiger charge is -2.13. The van der Waals surface area contributed by atoms with Gasteiger partial charge in [0, 0.05) is 28.6 Å². The van der Waals surface area contributed by atoms with Crippen molar-refractivity contribution < 1.29 is 0 Å². The van der Waals surface area contributed by atoms with E-state index in [1.165, 1.54) is 62.0 Å². The number of unbranched alkanes of at least 4 members (excludes halogenated alkanes) is 1. The van der Waals surface area contributed by atoms with Crippen LogP contribution in [0.3, 0.4) is 0 Å². The van der Waals surface area contributed by atoms with Crippen LogP contribution in [-0.4, -0.2) is 4.98 Å². The van der Waals surface area contributed by atoms with E-state index in [2.05, 4.69) is 93.0 Å². The maximum Gasteiger partial charge on any atom is 0.0462 e. The highest BCUT2D eigenvalue weighted by Crippen LogP contribution is 2.33. The lowest BCUT2D eigenvalue weighted by molar-refractivity contribution is 0.834. The Kier molecular flexibility index (Phi) is 6.42. The summed E-state index contributed by atoms with van der Waals surface area (Å²) >= 11 is 0. The molecule has 2 aromatic carbocycles. The maximum absolute atomic E-state index is 3.85. The van der Waals surface area contributed by atoms with E-state index in [0.717, 1.165) is 25.7 Å². The third-order valence-electron chi connectivity index (χ3n) is 6.54. The molecule has 1 nitrogen and oxygen atoms in total. The average molecular weight is 408 g/mol. The van der Waals surface area contributed by atoms with Crippen LogP contribution >= 0.6 is 0 Å². The van der Waals surface area contributed by atoms with Crippen LogP contribution < -0.4 is 0 Å². The highest BCUT2D eigenvalue weighted by Gasteiger charge is 2.12. The molecule has 1 aliphatic carbocycles. The number of fused-ring (bicyclic) bond motifs is 3. The summed E-state index contributed by atoms with van der Waals surface area (Å²) in [5.74, 6) is 0. The zero-order valence-corrected chi connectivity index (χ0v) is 19.1. The second kappa shape index (κ2) is 9.39. The SMILES string of the molecule is C=CCCC/C(C)=C(\C)c1cc(-c2ccc3[nH]c4c(c3c2)/C=C\C/C=C\C4)ccc1C. The Hall–Kier alpha value is -3.06. The first-order valence-corrected chi connectivity index (χ1v) is 11.4.